The molecule has 0 saturated heterocycles. The Kier molecular flexibility index (Phi) is 10.3. The van der Waals surface area contributed by atoms with Gasteiger partial charge < -0.3 is 9.47 Å². The zero-order valence-electron chi connectivity index (χ0n) is 25.6. The highest BCUT2D eigenvalue weighted by Crippen LogP contribution is 2.40. The summed E-state index contributed by atoms with van der Waals surface area (Å²) in [7, 11) is 0. The van der Waals surface area contributed by atoms with Gasteiger partial charge in [-0.25, -0.2) is 36.3 Å². The number of aryl methyl sites for hydroxylation is 1. The molecule has 0 radical (unpaired) electrons. The number of aromatic nitrogens is 2. The maximum atomic E-state index is 15.2. The molecule has 0 atom stereocenters. The van der Waals surface area contributed by atoms with E-state index in [0.29, 0.717) is 17.7 Å². The molecule has 0 bridgehead atoms. The molecule has 0 aliphatic carbocycles. The highest BCUT2D eigenvalue weighted by atomic mass is 19.4. The largest absolute Gasteiger partial charge is 0.573 e. The van der Waals surface area contributed by atoms with Gasteiger partial charge in [0.25, 0.3) is 0 Å². The molecule has 15 heteroatoms. The number of alkyl halides is 5. The summed E-state index contributed by atoms with van der Waals surface area (Å²) in [5, 5.41) is 0. The van der Waals surface area contributed by atoms with Crippen LogP contribution < -0.4 is 9.47 Å². The predicted molar refractivity (Wildman–Crippen MR) is 159 cm³/mol. The van der Waals surface area contributed by atoms with Crippen LogP contribution in [0, 0.1) is 34.9 Å². The van der Waals surface area contributed by atoms with E-state index in [1.165, 1.54) is 18.2 Å². The minimum Gasteiger partial charge on any atom is -0.429 e. The molecule has 4 nitrogen and oxygen atoms in total. The Morgan fingerprint density at radius 1 is 0.580 bits per heavy atom. The number of hydrogen-bond acceptors (Lipinski definition) is 4. The van der Waals surface area contributed by atoms with E-state index in [1.54, 1.807) is 12.4 Å². The van der Waals surface area contributed by atoms with E-state index in [-0.39, 0.29) is 29.1 Å². The number of benzene rings is 4. The first-order valence-electron chi connectivity index (χ1n) is 14.8. The molecule has 5 aromatic rings. The molecular formula is C35H23F11N2O2. The average molecular weight is 713 g/mol. The molecule has 5 rings (SSSR count). The third kappa shape index (κ3) is 8.14. The van der Waals surface area contributed by atoms with Gasteiger partial charge in [-0.05, 0) is 53.8 Å². The Morgan fingerprint density at radius 2 is 1.10 bits per heavy atom. The lowest BCUT2D eigenvalue weighted by Crippen LogP contribution is -2.25. The van der Waals surface area contributed by atoms with Gasteiger partial charge in [0.15, 0.2) is 17.5 Å². The molecule has 0 fully saturated rings. The lowest BCUT2D eigenvalue weighted by atomic mass is 9.97. The van der Waals surface area contributed by atoms with Crippen LogP contribution in [0.4, 0.5) is 48.3 Å². The molecule has 0 unspecified atom stereocenters. The van der Waals surface area contributed by atoms with Crippen LogP contribution in [0.3, 0.4) is 0 Å². The fourth-order valence-corrected chi connectivity index (χ4v) is 5.03. The highest BCUT2D eigenvalue weighted by Gasteiger charge is 2.42. The van der Waals surface area contributed by atoms with Gasteiger partial charge in [-0.15, -0.1) is 13.2 Å². The molecule has 0 spiro atoms. The van der Waals surface area contributed by atoms with Crippen molar-refractivity contribution >= 4 is 0 Å². The first-order chi connectivity index (χ1) is 23.6. The van der Waals surface area contributed by atoms with Crippen LogP contribution in [0.2, 0.25) is 0 Å². The van der Waals surface area contributed by atoms with Crippen molar-refractivity contribution in [2.24, 2.45) is 0 Å². The van der Waals surface area contributed by atoms with Gasteiger partial charge >= 0.3 is 12.5 Å². The van der Waals surface area contributed by atoms with Crippen LogP contribution in [-0.2, 0) is 12.5 Å². The molecule has 0 aliphatic rings. The van der Waals surface area contributed by atoms with Crippen molar-refractivity contribution in [1.82, 2.24) is 9.97 Å². The van der Waals surface area contributed by atoms with E-state index in [2.05, 4.69) is 26.4 Å². The molecule has 50 heavy (non-hydrogen) atoms. The summed E-state index contributed by atoms with van der Waals surface area (Å²) in [5.74, 6) is -13.1. The summed E-state index contributed by atoms with van der Waals surface area (Å²) in [6.07, 6.45) is -3.26. The normalized spacial score (nSPS) is 11.9. The van der Waals surface area contributed by atoms with Crippen LogP contribution in [0.5, 0.6) is 11.5 Å². The Bertz CT molecular complexity index is 1970. The topological polar surface area (TPSA) is 44.2 Å². The van der Waals surface area contributed by atoms with Crippen molar-refractivity contribution in [2.75, 3.05) is 0 Å². The zero-order valence-corrected chi connectivity index (χ0v) is 25.6. The van der Waals surface area contributed by atoms with Gasteiger partial charge in [-0.2, -0.15) is 8.78 Å². The van der Waals surface area contributed by atoms with Crippen LogP contribution in [-0.4, -0.2) is 16.3 Å². The van der Waals surface area contributed by atoms with Crippen molar-refractivity contribution < 1.29 is 57.8 Å². The van der Waals surface area contributed by atoms with Gasteiger partial charge in [0.1, 0.15) is 34.6 Å². The van der Waals surface area contributed by atoms with E-state index in [4.69, 9.17) is 0 Å². The molecule has 0 aliphatic heterocycles. The zero-order chi connectivity index (χ0) is 36.4. The number of rotatable bonds is 11. The summed E-state index contributed by atoms with van der Waals surface area (Å²) in [5.41, 5.74) is -1.77. The van der Waals surface area contributed by atoms with Crippen molar-refractivity contribution in [2.45, 2.75) is 45.1 Å². The van der Waals surface area contributed by atoms with Crippen LogP contribution in [0.15, 0.2) is 73.1 Å². The van der Waals surface area contributed by atoms with Crippen LogP contribution in [0.25, 0.3) is 33.6 Å². The second kappa shape index (κ2) is 14.3. The first kappa shape index (κ1) is 36.1. The van der Waals surface area contributed by atoms with Crippen molar-refractivity contribution in [3.05, 3.63) is 119 Å². The fourth-order valence-electron chi connectivity index (χ4n) is 5.03. The van der Waals surface area contributed by atoms with E-state index >= 15 is 8.78 Å². The minimum absolute atomic E-state index is 0.0334. The number of halogens is 11. The van der Waals surface area contributed by atoms with E-state index in [9.17, 15) is 39.5 Å². The van der Waals surface area contributed by atoms with Crippen LogP contribution >= 0.6 is 0 Å². The van der Waals surface area contributed by atoms with E-state index < -0.39 is 75.6 Å². The monoisotopic (exact) mass is 712 g/mol. The Hall–Kier alpha value is -5.21. The standard InChI is InChI=1S/C35H23F11N2O2/c1-2-3-4-5-18-16-47-33(48-17-18)20-7-9-23(26(37)11-20)19-6-8-24(25(36)10-19)21-12-27(38)31(28(39)13-21)34(42,43)49-22-14-29(40)32(30(41)15-22)50-35(44,45)46/h6-17H,2-5H2,1H3. The molecule has 262 valence electrons. The lowest BCUT2D eigenvalue weighted by Gasteiger charge is -2.21. The van der Waals surface area contributed by atoms with Gasteiger partial charge in [-0.3, -0.25) is 0 Å². The smallest absolute Gasteiger partial charge is 0.429 e. The maximum Gasteiger partial charge on any atom is 0.573 e. The van der Waals surface area contributed by atoms with Crippen molar-refractivity contribution in [3.63, 3.8) is 0 Å². The number of nitrogens with zero attached hydrogens (tertiary/aromatic N) is 2. The quantitative estimate of drug-likeness (QED) is 0.101. The summed E-state index contributed by atoms with van der Waals surface area (Å²) >= 11 is 0. The lowest BCUT2D eigenvalue weighted by molar-refractivity contribution is -0.276. The number of unbranched alkanes of at least 4 members (excludes halogenated alkanes) is 2. The molecule has 0 N–H and O–H groups in total. The van der Waals surface area contributed by atoms with Gasteiger partial charge in [0, 0.05) is 41.2 Å². The Balaban J connectivity index is 1.36. The third-order valence-electron chi connectivity index (χ3n) is 7.36. The van der Waals surface area contributed by atoms with Gasteiger partial charge in [0.05, 0.1) is 0 Å². The second-order valence-electron chi connectivity index (χ2n) is 11.0. The summed E-state index contributed by atoms with van der Waals surface area (Å²) < 4.78 is 162. The highest BCUT2D eigenvalue weighted by molar-refractivity contribution is 5.73. The molecule has 0 saturated carbocycles. The maximum absolute atomic E-state index is 15.2. The van der Waals surface area contributed by atoms with Crippen LogP contribution in [0.1, 0.15) is 37.3 Å². The summed E-state index contributed by atoms with van der Waals surface area (Å²) in [4.78, 5) is 8.57. The molecule has 0 amide bonds. The minimum atomic E-state index is -5.53. The molecule has 1 aromatic heterocycles. The summed E-state index contributed by atoms with van der Waals surface area (Å²) in [6.45, 7) is 2.09. The number of hydrogen-bond donors (Lipinski definition) is 0. The molecule has 4 aromatic carbocycles. The fraction of sp³-hybridized carbons (Fsp3) is 0.200. The molecule has 1 heterocycles. The van der Waals surface area contributed by atoms with Gasteiger partial charge in [0.2, 0.25) is 5.75 Å². The predicted octanol–water partition coefficient (Wildman–Crippen LogP) is 11.1. The third-order valence-corrected chi connectivity index (χ3v) is 7.36. The van der Waals surface area contributed by atoms with E-state index in [0.717, 1.165) is 49.4 Å². The summed E-state index contributed by atoms with van der Waals surface area (Å²) in [6, 6.07) is 7.62. The van der Waals surface area contributed by atoms with Crippen molar-refractivity contribution in [1.29, 1.82) is 0 Å². The first-order valence-corrected chi connectivity index (χ1v) is 14.8. The average Bonchev–Trinajstić information content (AvgIpc) is 3.02. The van der Waals surface area contributed by atoms with Crippen molar-refractivity contribution in [3.8, 4) is 45.1 Å². The Morgan fingerprint density at radius 3 is 1.64 bits per heavy atom. The SMILES string of the molecule is CCCCCc1cnc(-c2ccc(-c3ccc(-c4cc(F)c(C(F)(F)Oc5cc(F)c(OC(F)(F)F)c(F)c5)c(F)c4)c(F)c3)c(F)c2)nc1. The Labute approximate surface area is 277 Å². The van der Waals surface area contributed by atoms with Gasteiger partial charge in [-0.1, -0.05) is 44.0 Å². The second-order valence-corrected chi connectivity index (χ2v) is 11.0. The molecular weight excluding hydrogens is 689 g/mol. The van der Waals surface area contributed by atoms with E-state index in [1.807, 2.05) is 0 Å². The number of ether oxygens (including phenoxy) is 2.